The third-order valence-corrected chi connectivity index (χ3v) is 6.98. The summed E-state index contributed by atoms with van der Waals surface area (Å²) in [6.07, 6.45) is -0.186. The summed E-state index contributed by atoms with van der Waals surface area (Å²) >= 11 is -1.56. The zero-order valence-corrected chi connectivity index (χ0v) is 16.3. The van der Waals surface area contributed by atoms with Gasteiger partial charge in [-0.05, 0) is 50.8 Å². The Bertz CT molecular complexity index is 760. The van der Waals surface area contributed by atoms with E-state index in [4.69, 9.17) is 4.74 Å². The van der Waals surface area contributed by atoms with Crippen molar-refractivity contribution in [2.75, 3.05) is 0 Å². The van der Waals surface area contributed by atoms with E-state index in [2.05, 4.69) is 10.8 Å². The Balaban J connectivity index is 1.81. The van der Waals surface area contributed by atoms with Gasteiger partial charge in [-0.25, -0.2) is 4.39 Å². The third kappa shape index (κ3) is 3.69. The molecule has 0 radical (unpaired) electrons. The number of carbonyl (C=O) groups is 1. The fourth-order valence-electron chi connectivity index (χ4n) is 3.86. The average molecular weight is 394 g/mol. The van der Waals surface area contributed by atoms with Crippen LogP contribution in [0.15, 0.2) is 24.3 Å². The Morgan fingerprint density at radius 2 is 2.11 bits per heavy atom. The van der Waals surface area contributed by atoms with Crippen molar-refractivity contribution in [3.05, 3.63) is 35.6 Å². The van der Waals surface area contributed by atoms with Crippen LogP contribution in [0.2, 0.25) is 0 Å². The van der Waals surface area contributed by atoms with E-state index >= 15 is 0 Å². The number of aliphatic carboxylic acids is 1. The van der Waals surface area contributed by atoms with Crippen molar-refractivity contribution < 1.29 is 23.6 Å². The average Bonchev–Trinajstić information content (AvgIpc) is 3.24. The second kappa shape index (κ2) is 7.06. The van der Waals surface area contributed by atoms with Crippen LogP contribution >= 0.6 is 0 Å². The van der Waals surface area contributed by atoms with Gasteiger partial charge in [0.2, 0.25) is 0 Å². The lowest BCUT2D eigenvalue weighted by molar-refractivity contribution is -0.140. The molecule has 0 aliphatic heterocycles. The number of nitrogens with one attached hydrogen (secondary N) is 1. The summed E-state index contributed by atoms with van der Waals surface area (Å²) < 4.78 is 34.0. The Morgan fingerprint density at radius 1 is 1.48 bits per heavy atom. The van der Waals surface area contributed by atoms with Gasteiger partial charge < -0.3 is 14.4 Å². The fraction of sp³-hybridized carbons (Fsp3) is 0.579. The Hall–Kier alpha value is -1.66. The number of hydrogen-bond donors (Lipinski definition) is 2. The van der Waals surface area contributed by atoms with Crippen molar-refractivity contribution in [2.45, 2.75) is 50.2 Å². The SMILES string of the molecule is CC(C)(C)[S@@+]([O-])NC1(C#N)[C@H]2[C@@H](C[C@H]1OCc1ccc(F)cc1)[C@@H]2C(=O)O. The van der Waals surface area contributed by atoms with Gasteiger partial charge >= 0.3 is 5.97 Å². The number of benzene rings is 1. The molecular formula is C19H23FN2O4S. The lowest BCUT2D eigenvalue weighted by atomic mass is 9.90. The molecule has 2 saturated carbocycles. The molecule has 1 aromatic carbocycles. The Kier molecular flexibility index (Phi) is 5.25. The summed E-state index contributed by atoms with van der Waals surface area (Å²) in [5.74, 6) is -2.53. The number of carboxylic acid groups (broad SMARTS) is 1. The van der Waals surface area contributed by atoms with Crippen molar-refractivity contribution in [1.29, 1.82) is 5.26 Å². The number of ether oxygens (including phenoxy) is 1. The van der Waals surface area contributed by atoms with E-state index in [1.165, 1.54) is 12.1 Å². The van der Waals surface area contributed by atoms with Crippen LogP contribution in [0.3, 0.4) is 0 Å². The van der Waals surface area contributed by atoms with Gasteiger partial charge in [0.25, 0.3) is 0 Å². The first-order chi connectivity index (χ1) is 12.6. The van der Waals surface area contributed by atoms with Gasteiger partial charge in [0.15, 0.2) is 5.54 Å². The first-order valence-corrected chi connectivity index (χ1v) is 9.95. The van der Waals surface area contributed by atoms with Gasteiger partial charge in [0.05, 0.1) is 24.7 Å². The number of nitriles is 1. The smallest absolute Gasteiger partial charge is 0.307 e. The van der Waals surface area contributed by atoms with Crippen LogP contribution in [0.1, 0.15) is 32.8 Å². The minimum atomic E-state index is -1.56. The molecule has 146 valence electrons. The highest BCUT2D eigenvalue weighted by molar-refractivity contribution is 7.90. The molecule has 6 atom stereocenters. The van der Waals surface area contributed by atoms with E-state index in [-0.39, 0.29) is 18.3 Å². The largest absolute Gasteiger partial charge is 0.598 e. The van der Waals surface area contributed by atoms with E-state index in [1.54, 1.807) is 32.9 Å². The number of fused-ring (bicyclic) bond motifs is 1. The van der Waals surface area contributed by atoms with E-state index < -0.39 is 45.6 Å². The maximum Gasteiger partial charge on any atom is 0.307 e. The molecule has 2 aliphatic carbocycles. The lowest BCUT2D eigenvalue weighted by Gasteiger charge is -2.36. The van der Waals surface area contributed by atoms with Crippen LogP contribution in [-0.2, 0) is 27.5 Å². The molecule has 0 spiro atoms. The minimum Gasteiger partial charge on any atom is -0.598 e. The predicted octanol–water partition coefficient (Wildman–Crippen LogP) is 2.38. The monoisotopic (exact) mass is 394 g/mol. The summed E-state index contributed by atoms with van der Waals surface area (Å²) in [4.78, 5) is 11.5. The molecule has 3 rings (SSSR count). The molecule has 6 nitrogen and oxygen atoms in total. The Morgan fingerprint density at radius 3 is 2.63 bits per heavy atom. The molecule has 1 aromatic rings. The number of rotatable bonds is 6. The highest BCUT2D eigenvalue weighted by Crippen LogP contribution is 2.63. The highest BCUT2D eigenvalue weighted by Gasteiger charge is 2.75. The molecule has 0 amide bonds. The molecule has 2 N–H and O–H groups in total. The van der Waals surface area contributed by atoms with Gasteiger partial charge in [0.1, 0.15) is 10.6 Å². The van der Waals surface area contributed by atoms with Gasteiger partial charge in [0, 0.05) is 17.3 Å². The third-order valence-electron chi connectivity index (χ3n) is 5.34. The van der Waals surface area contributed by atoms with Crippen LogP contribution in [-0.4, -0.2) is 32.0 Å². The summed E-state index contributed by atoms with van der Waals surface area (Å²) in [6, 6.07) is 8.05. The maximum absolute atomic E-state index is 13.1. The topological polar surface area (TPSA) is 105 Å². The summed E-state index contributed by atoms with van der Waals surface area (Å²) in [5, 5.41) is 19.4. The molecule has 0 saturated heterocycles. The highest BCUT2D eigenvalue weighted by atomic mass is 32.2. The van der Waals surface area contributed by atoms with E-state index in [0.717, 1.165) is 5.56 Å². The number of nitrogens with zero attached hydrogens (tertiary/aromatic N) is 1. The normalized spacial score (nSPS) is 33.2. The van der Waals surface area contributed by atoms with Crippen LogP contribution in [0.25, 0.3) is 0 Å². The molecular weight excluding hydrogens is 371 g/mol. The summed E-state index contributed by atoms with van der Waals surface area (Å²) in [6.45, 7) is 5.51. The van der Waals surface area contributed by atoms with Gasteiger partial charge in [-0.1, -0.05) is 12.1 Å². The first kappa shape index (κ1) is 20.1. The number of carboxylic acids is 1. The van der Waals surface area contributed by atoms with Crippen molar-refractivity contribution in [3.8, 4) is 6.07 Å². The second-order valence-corrected chi connectivity index (χ2v) is 10.1. The molecule has 0 bridgehead atoms. The number of halogens is 1. The summed E-state index contributed by atoms with van der Waals surface area (Å²) in [5.41, 5.74) is -0.582. The molecule has 0 aromatic heterocycles. The fourth-order valence-corrected chi connectivity index (χ4v) is 4.79. The number of hydrogen-bond acceptors (Lipinski definition) is 5. The molecule has 2 fully saturated rings. The standard InChI is InChI=1S/C19H23FN2O4S/c1-18(2,3)27(25)22-19(10-21)14(8-13-15(16(13)19)17(23)24)26-9-11-4-6-12(20)7-5-11/h4-7,13-16,22H,8-9H2,1-3H3,(H,23,24)/t13-,14+,15-,16-,19?,27+/m0/s1. The van der Waals surface area contributed by atoms with E-state index in [9.17, 15) is 24.1 Å². The van der Waals surface area contributed by atoms with Gasteiger partial charge in [-0.2, -0.15) is 5.26 Å². The minimum absolute atomic E-state index is 0.162. The molecule has 8 heteroatoms. The van der Waals surface area contributed by atoms with E-state index in [0.29, 0.717) is 6.42 Å². The van der Waals surface area contributed by atoms with Crippen LogP contribution in [0, 0.1) is 34.9 Å². The zero-order chi connectivity index (χ0) is 20.0. The summed E-state index contributed by atoms with van der Waals surface area (Å²) in [7, 11) is 0. The molecule has 27 heavy (non-hydrogen) atoms. The lowest BCUT2D eigenvalue weighted by Crippen LogP contribution is -2.60. The first-order valence-electron chi connectivity index (χ1n) is 8.80. The van der Waals surface area contributed by atoms with Crippen LogP contribution < -0.4 is 4.72 Å². The van der Waals surface area contributed by atoms with Crippen molar-refractivity contribution in [1.82, 2.24) is 4.72 Å². The second-order valence-electron chi connectivity index (χ2n) is 8.18. The predicted molar refractivity (Wildman–Crippen MR) is 97.1 cm³/mol. The zero-order valence-electron chi connectivity index (χ0n) is 15.4. The van der Waals surface area contributed by atoms with E-state index in [1.807, 2.05) is 0 Å². The van der Waals surface area contributed by atoms with Gasteiger partial charge in [-0.15, -0.1) is 4.72 Å². The van der Waals surface area contributed by atoms with Crippen molar-refractivity contribution in [2.24, 2.45) is 17.8 Å². The van der Waals surface area contributed by atoms with Crippen molar-refractivity contribution in [3.63, 3.8) is 0 Å². The molecule has 1 unspecified atom stereocenters. The Labute approximate surface area is 161 Å². The molecule has 2 aliphatic rings. The van der Waals surface area contributed by atoms with Crippen molar-refractivity contribution >= 4 is 17.3 Å². The van der Waals surface area contributed by atoms with Crippen LogP contribution in [0.5, 0.6) is 0 Å². The van der Waals surface area contributed by atoms with Gasteiger partial charge in [-0.3, -0.25) is 4.79 Å². The molecule has 0 heterocycles. The maximum atomic E-state index is 13.1. The quantitative estimate of drug-likeness (QED) is 0.718. The van der Waals surface area contributed by atoms with Crippen LogP contribution in [0.4, 0.5) is 4.39 Å².